The SMILES string of the molecule is Cc1ccc(-c2ccc(C)n2-c2ccc(-c3cc(-n4c5ccccc5c5ccccc54)cc(-n4c5ccccc5c5ccccc54)c3)cc2)cc1. The third-order valence-electron chi connectivity index (χ3n) is 10.5. The van der Waals surface area contributed by atoms with Gasteiger partial charge in [-0.1, -0.05) is 115 Å². The van der Waals surface area contributed by atoms with Gasteiger partial charge in [0, 0.05) is 44.3 Å². The molecule has 0 radical (unpaired) electrons. The number of aromatic nitrogens is 3. The van der Waals surface area contributed by atoms with Crippen LogP contribution in [0, 0.1) is 13.8 Å². The van der Waals surface area contributed by atoms with Crippen LogP contribution in [0.2, 0.25) is 0 Å². The maximum absolute atomic E-state index is 2.43. The zero-order valence-electron chi connectivity index (χ0n) is 28.6. The Balaban J connectivity index is 1.20. The van der Waals surface area contributed by atoms with Crippen LogP contribution in [0.25, 0.3) is 83.1 Å². The summed E-state index contributed by atoms with van der Waals surface area (Å²) in [4.78, 5) is 0. The standard InChI is InChI=1S/C48H35N3/c1-32-19-22-35(23-20-32)44-28-21-33(2)49(44)37-26-24-34(25-27-37)36-29-38(50-45-15-7-3-11-40(45)41-12-4-8-16-46(41)50)31-39(30-36)51-47-17-9-5-13-42(47)43-14-6-10-18-48(43)51/h3-31H,1-2H3. The predicted molar refractivity (Wildman–Crippen MR) is 215 cm³/mol. The minimum atomic E-state index is 1.13. The molecule has 10 aromatic rings. The number of fused-ring (bicyclic) bond motifs is 6. The molecule has 51 heavy (non-hydrogen) atoms. The Morgan fingerprint density at radius 2 is 0.745 bits per heavy atom. The van der Waals surface area contributed by atoms with Crippen molar-refractivity contribution in [3.8, 4) is 39.4 Å². The molecule has 3 heterocycles. The molecular formula is C48H35N3. The zero-order chi connectivity index (χ0) is 34.1. The Morgan fingerprint density at radius 1 is 0.314 bits per heavy atom. The first-order valence-electron chi connectivity index (χ1n) is 17.6. The molecule has 0 saturated heterocycles. The molecule has 0 spiro atoms. The normalized spacial score (nSPS) is 11.7. The summed E-state index contributed by atoms with van der Waals surface area (Å²) in [6.45, 7) is 4.31. The minimum Gasteiger partial charge on any atom is -0.314 e. The van der Waals surface area contributed by atoms with E-state index in [9.17, 15) is 0 Å². The van der Waals surface area contributed by atoms with E-state index in [0.717, 1.165) is 17.1 Å². The van der Waals surface area contributed by atoms with Crippen molar-refractivity contribution in [2.75, 3.05) is 0 Å². The highest BCUT2D eigenvalue weighted by Gasteiger charge is 2.17. The lowest BCUT2D eigenvalue weighted by molar-refractivity contribution is 1.02. The van der Waals surface area contributed by atoms with E-state index in [2.05, 4.69) is 203 Å². The molecular weight excluding hydrogens is 619 g/mol. The lowest BCUT2D eigenvalue weighted by atomic mass is 10.0. The van der Waals surface area contributed by atoms with Crippen molar-refractivity contribution in [1.82, 2.24) is 13.7 Å². The third-order valence-corrected chi connectivity index (χ3v) is 10.5. The fourth-order valence-electron chi connectivity index (χ4n) is 8.06. The summed E-state index contributed by atoms with van der Waals surface area (Å²) in [5.74, 6) is 0. The van der Waals surface area contributed by atoms with Crippen molar-refractivity contribution in [2.24, 2.45) is 0 Å². The lowest BCUT2D eigenvalue weighted by Crippen LogP contribution is -2.01. The van der Waals surface area contributed by atoms with Crippen LogP contribution in [0.3, 0.4) is 0 Å². The van der Waals surface area contributed by atoms with Crippen molar-refractivity contribution in [2.45, 2.75) is 13.8 Å². The van der Waals surface area contributed by atoms with Gasteiger partial charge in [0.05, 0.1) is 27.8 Å². The predicted octanol–water partition coefficient (Wildman–Crippen LogP) is 12.6. The molecule has 0 N–H and O–H groups in total. The molecule has 0 bridgehead atoms. The molecule has 0 amide bonds. The molecule has 242 valence electrons. The Kier molecular flexibility index (Phi) is 6.62. The number of rotatable bonds is 5. The van der Waals surface area contributed by atoms with E-state index in [-0.39, 0.29) is 0 Å². The van der Waals surface area contributed by atoms with Gasteiger partial charge in [-0.15, -0.1) is 0 Å². The average molecular weight is 654 g/mol. The van der Waals surface area contributed by atoms with Gasteiger partial charge in [0.2, 0.25) is 0 Å². The number of nitrogens with zero attached hydrogens (tertiary/aromatic N) is 3. The van der Waals surface area contributed by atoms with Crippen LogP contribution in [0.15, 0.2) is 176 Å². The molecule has 0 aliphatic carbocycles. The largest absolute Gasteiger partial charge is 0.314 e. The summed E-state index contributed by atoms with van der Waals surface area (Å²) in [7, 11) is 0. The van der Waals surface area contributed by atoms with Crippen molar-refractivity contribution in [3.05, 3.63) is 187 Å². The second-order valence-corrected chi connectivity index (χ2v) is 13.6. The van der Waals surface area contributed by atoms with Gasteiger partial charge in [-0.3, -0.25) is 0 Å². The van der Waals surface area contributed by atoms with Crippen molar-refractivity contribution in [1.29, 1.82) is 0 Å². The number of hydrogen-bond donors (Lipinski definition) is 0. The first-order valence-corrected chi connectivity index (χ1v) is 17.6. The lowest BCUT2D eigenvalue weighted by Gasteiger charge is -2.17. The van der Waals surface area contributed by atoms with Gasteiger partial charge in [0.1, 0.15) is 0 Å². The van der Waals surface area contributed by atoms with Crippen LogP contribution in [0.5, 0.6) is 0 Å². The first-order chi connectivity index (χ1) is 25.1. The van der Waals surface area contributed by atoms with Crippen LogP contribution < -0.4 is 0 Å². The van der Waals surface area contributed by atoms with Crippen LogP contribution in [0.4, 0.5) is 0 Å². The van der Waals surface area contributed by atoms with E-state index in [1.165, 1.54) is 77.3 Å². The van der Waals surface area contributed by atoms with Crippen molar-refractivity contribution >= 4 is 43.6 Å². The number of hydrogen-bond acceptors (Lipinski definition) is 0. The van der Waals surface area contributed by atoms with Crippen LogP contribution in [-0.2, 0) is 0 Å². The molecule has 0 unspecified atom stereocenters. The molecule has 3 heteroatoms. The highest BCUT2D eigenvalue weighted by molar-refractivity contribution is 6.10. The molecule has 7 aromatic carbocycles. The van der Waals surface area contributed by atoms with E-state index in [0.29, 0.717) is 0 Å². The maximum atomic E-state index is 2.43. The second kappa shape index (κ2) is 11.5. The summed E-state index contributed by atoms with van der Waals surface area (Å²) in [5.41, 5.74) is 15.4. The van der Waals surface area contributed by atoms with E-state index >= 15 is 0 Å². The van der Waals surface area contributed by atoms with Gasteiger partial charge in [0.15, 0.2) is 0 Å². The van der Waals surface area contributed by atoms with Gasteiger partial charge in [-0.25, -0.2) is 0 Å². The Bertz CT molecular complexity index is 2680. The summed E-state index contributed by atoms with van der Waals surface area (Å²) in [6.07, 6.45) is 0. The highest BCUT2D eigenvalue weighted by atomic mass is 15.0. The Labute approximate surface area is 296 Å². The average Bonchev–Trinajstić information content (AvgIpc) is 3.84. The van der Waals surface area contributed by atoms with Crippen LogP contribution in [0.1, 0.15) is 11.3 Å². The number of benzene rings is 7. The summed E-state index contributed by atoms with van der Waals surface area (Å²) in [6, 6.07) is 64.3. The van der Waals surface area contributed by atoms with Gasteiger partial charge >= 0.3 is 0 Å². The monoisotopic (exact) mass is 653 g/mol. The van der Waals surface area contributed by atoms with Gasteiger partial charge in [-0.2, -0.15) is 0 Å². The van der Waals surface area contributed by atoms with Crippen molar-refractivity contribution in [3.63, 3.8) is 0 Å². The molecule has 0 fully saturated rings. The Morgan fingerprint density at radius 3 is 1.22 bits per heavy atom. The topological polar surface area (TPSA) is 14.8 Å². The fourth-order valence-corrected chi connectivity index (χ4v) is 8.06. The molecule has 0 atom stereocenters. The molecule has 3 nitrogen and oxygen atoms in total. The molecule has 0 aliphatic heterocycles. The van der Waals surface area contributed by atoms with Gasteiger partial charge < -0.3 is 13.7 Å². The molecule has 10 rings (SSSR count). The fraction of sp³-hybridized carbons (Fsp3) is 0.0417. The third kappa shape index (κ3) is 4.66. The van der Waals surface area contributed by atoms with E-state index in [1.54, 1.807) is 0 Å². The maximum Gasteiger partial charge on any atom is 0.0541 e. The molecule has 0 saturated carbocycles. The molecule has 0 aliphatic rings. The van der Waals surface area contributed by atoms with Crippen molar-refractivity contribution < 1.29 is 0 Å². The minimum absolute atomic E-state index is 1.13. The number of para-hydroxylation sites is 4. The van der Waals surface area contributed by atoms with Crippen LogP contribution >= 0.6 is 0 Å². The summed E-state index contributed by atoms with van der Waals surface area (Å²) in [5, 5.41) is 5.03. The smallest absolute Gasteiger partial charge is 0.0541 e. The van der Waals surface area contributed by atoms with Crippen LogP contribution in [-0.4, -0.2) is 13.7 Å². The molecule has 3 aromatic heterocycles. The van der Waals surface area contributed by atoms with Gasteiger partial charge in [0.25, 0.3) is 0 Å². The summed E-state index contributed by atoms with van der Waals surface area (Å²) < 4.78 is 7.21. The zero-order valence-corrected chi connectivity index (χ0v) is 28.6. The quantitative estimate of drug-likeness (QED) is 0.176. The van der Waals surface area contributed by atoms with Gasteiger partial charge in [-0.05, 0) is 97.3 Å². The number of aryl methyl sites for hydroxylation is 2. The summed E-state index contributed by atoms with van der Waals surface area (Å²) >= 11 is 0. The highest BCUT2D eigenvalue weighted by Crippen LogP contribution is 2.38. The second-order valence-electron chi connectivity index (χ2n) is 13.6. The first kappa shape index (κ1) is 29.3. The van der Waals surface area contributed by atoms with E-state index in [4.69, 9.17) is 0 Å². The Hall–Kier alpha value is -6.58. The van der Waals surface area contributed by atoms with E-state index in [1.807, 2.05) is 0 Å². The van der Waals surface area contributed by atoms with E-state index < -0.39 is 0 Å².